The first-order valence-electron chi connectivity index (χ1n) is 9.02. The summed E-state index contributed by atoms with van der Waals surface area (Å²) in [5.74, 6) is -0.684. The highest BCUT2D eigenvalue weighted by atomic mass is 32.1. The number of furan rings is 1. The van der Waals surface area contributed by atoms with Gasteiger partial charge in [-0.15, -0.1) is 11.3 Å². The van der Waals surface area contributed by atoms with Gasteiger partial charge in [-0.1, -0.05) is 6.92 Å². The van der Waals surface area contributed by atoms with E-state index in [9.17, 15) is 14.0 Å². The molecule has 1 aromatic carbocycles. The molecule has 0 saturated heterocycles. The average molecular weight is 416 g/mol. The van der Waals surface area contributed by atoms with E-state index in [1.165, 1.54) is 41.9 Å². The predicted octanol–water partition coefficient (Wildman–Crippen LogP) is 5.02. The van der Waals surface area contributed by atoms with Crippen molar-refractivity contribution >= 4 is 34.6 Å². The van der Waals surface area contributed by atoms with E-state index in [0.717, 1.165) is 10.7 Å². The summed E-state index contributed by atoms with van der Waals surface area (Å²) >= 11 is 1.48. The standard InChI is InChI=1S/C20H21FN4O3S/c1-4-16(19-22-11(2)10-29-19)25-20(27)23-13-5-6-15(21)17(9-13)24-18(26)14-7-8-28-12(14)3/h5-10,16H,4H2,1-3H3,(H,24,26)(H2,23,25,27). The average Bonchev–Trinajstić information content (AvgIpc) is 3.30. The minimum atomic E-state index is -0.616. The highest BCUT2D eigenvalue weighted by Crippen LogP contribution is 2.23. The van der Waals surface area contributed by atoms with Gasteiger partial charge in [-0.05, 0) is 44.5 Å². The number of nitrogens with zero attached hydrogens (tertiary/aromatic N) is 1. The summed E-state index contributed by atoms with van der Waals surface area (Å²) in [5, 5.41) is 10.8. The Balaban J connectivity index is 1.68. The second kappa shape index (κ2) is 8.87. The number of aryl methyl sites for hydroxylation is 2. The minimum Gasteiger partial charge on any atom is -0.469 e. The van der Waals surface area contributed by atoms with E-state index in [4.69, 9.17) is 4.42 Å². The fraction of sp³-hybridized carbons (Fsp3) is 0.250. The lowest BCUT2D eigenvalue weighted by molar-refractivity contribution is 0.102. The molecule has 3 amide bonds. The number of rotatable bonds is 6. The third-order valence-electron chi connectivity index (χ3n) is 4.22. The largest absolute Gasteiger partial charge is 0.469 e. The van der Waals surface area contributed by atoms with Crippen LogP contribution in [0.3, 0.4) is 0 Å². The molecule has 0 aliphatic heterocycles. The van der Waals surface area contributed by atoms with Gasteiger partial charge in [0, 0.05) is 16.8 Å². The maximum atomic E-state index is 14.1. The van der Waals surface area contributed by atoms with Crippen LogP contribution in [0.15, 0.2) is 40.3 Å². The van der Waals surface area contributed by atoms with E-state index in [0.29, 0.717) is 23.4 Å². The SMILES string of the molecule is CCC(NC(=O)Nc1ccc(F)c(NC(=O)c2ccoc2C)c1)c1nc(C)cs1. The van der Waals surface area contributed by atoms with Gasteiger partial charge in [0.2, 0.25) is 0 Å². The summed E-state index contributed by atoms with van der Waals surface area (Å²) in [4.78, 5) is 29.1. The molecule has 7 nitrogen and oxygen atoms in total. The van der Waals surface area contributed by atoms with Crippen LogP contribution in [0.5, 0.6) is 0 Å². The highest BCUT2D eigenvalue weighted by Gasteiger charge is 2.17. The molecule has 0 spiro atoms. The molecule has 2 heterocycles. The lowest BCUT2D eigenvalue weighted by Crippen LogP contribution is -2.32. The number of nitrogens with one attached hydrogen (secondary N) is 3. The van der Waals surface area contributed by atoms with Crippen molar-refractivity contribution in [1.29, 1.82) is 0 Å². The van der Waals surface area contributed by atoms with E-state index >= 15 is 0 Å². The second-order valence-corrected chi connectivity index (χ2v) is 7.32. The Kier molecular flexibility index (Phi) is 6.28. The van der Waals surface area contributed by atoms with Crippen LogP contribution in [0.25, 0.3) is 0 Å². The van der Waals surface area contributed by atoms with Crippen LogP contribution >= 0.6 is 11.3 Å². The van der Waals surface area contributed by atoms with Crippen LogP contribution in [0.2, 0.25) is 0 Å². The van der Waals surface area contributed by atoms with Gasteiger partial charge < -0.3 is 20.4 Å². The molecule has 152 valence electrons. The highest BCUT2D eigenvalue weighted by molar-refractivity contribution is 7.09. The van der Waals surface area contributed by atoms with Gasteiger partial charge in [-0.3, -0.25) is 4.79 Å². The second-order valence-electron chi connectivity index (χ2n) is 6.43. The number of halogens is 1. The van der Waals surface area contributed by atoms with Gasteiger partial charge in [-0.2, -0.15) is 0 Å². The Morgan fingerprint density at radius 3 is 2.66 bits per heavy atom. The third kappa shape index (κ3) is 5.00. The molecule has 0 radical (unpaired) electrons. The lowest BCUT2D eigenvalue weighted by Gasteiger charge is -2.16. The molecular formula is C20H21FN4O3S. The Bertz CT molecular complexity index is 1030. The molecule has 0 aliphatic carbocycles. The van der Waals surface area contributed by atoms with Crippen LogP contribution in [0, 0.1) is 19.7 Å². The van der Waals surface area contributed by atoms with Crippen LogP contribution in [0.1, 0.15) is 46.2 Å². The third-order valence-corrected chi connectivity index (χ3v) is 5.30. The number of aromatic nitrogens is 1. The number of urea groups is 1. The predicted molar refractivity (Wildman–Crippen MR) is 110 cm³/mol. The van der Waals surface area contributed by atoms with Gasteiger partial charge in [0.15, 0.2) is 0 Å². The summed E-state index contributed by atoms with van der Waals surface area (Å²) in [7, 11) is 0. The normalized spacial score (nSPS) is 11.7. The van der Waals surface area contributed by atoms with Crippen LogP contribution in [-0.4, -0.2) is 16.9 Å². The number of hydrogen-bond acceptors (Lipinski definition) is 5. The molecule has 0 fully saturated rings. The zero-order valence-corrected chi connectivity index (χ0v) is 17.0. The first kappa shape index (κ1) is 20.5. The van der Waals surface area contributed by atoms with Crippen molar-refractivity contribution in [3.05, 3.63) is 63.8 Å². The molecule has 2 aromatic heterocycles. The molecule has 29 heavy (non-hydrogen) atoms. The summed E-state index contributed by atoms with van der Waals surface area (Å²) in [6.45, 7) is 5.49. The van der Waals surface area contributed by atoms with Crippen molar-refractivity contribution in [2.45, 2.75) is 33.2 Å². The molecule has 1 unspecified atom stereocenters. The van der Waals surface area contributed by atoms with Crippen LogP contribution in [-0.2, 0) is 0 Å². The summed E-state index contributed by atoms with van der Waals surface area (Å²) in [6.07, 6.45) is 2.06. The molecule has 3 rings (SSSR count). The quantitative estimate of drug-likeness (QED) is 0.526. The van der Waals surface area contributed by atoms with E-state index in [-0.39, 0.29) is 11.7 Å². The molecular weight excluding hydrogens is 395 g/mol. The molecule has 0 aliphatic rings. The van der Waals surface area contributed by atoms with Gasteiger partial charge in [0.05, 0.1) is 23.6 Å². The topological polar surface area (TPSA) is 96.3 Å². The van der Waals surface area contributed by atoms with E-state index in [2.05, 4.69) is 20.9 Å². The molecule has 1 atom stereocenters. The maximum Gasteiger partial charge on any atom is 0.319 e. The molecule has 9 heteroatoms. The molecule has 3 N–H and O–H groups in total. The Morgan fingerprint density at radius 2 is 2.03 bits per heavy atom. The first-order chi connectivity index (χ1) is 13.9. The van der Waals surface area contributed by atoms with Crippen molar-refractivity contribution in [3.63, 3.8) is 0 Å². The Hall–Kier alpha value is -3.20. The van der Waals surface area contributed by atoms with Crippen molar-refractivity contribution < 1.29 is 18.4 Å². The van der Waals surface area contributed by atoms with Crippen molar-refractivity contribution in [2.24, 2.45) is 0 Å². The smallest absolute Gasteiger partial charge is 0.319 e. The van der Waals surface area contributed by atoms with E-state index in [1.54, 1.807) is 6.92 Å². The van der Waals surface area contributed by atoms with Crippen LogP contribution in [0.4, 0.5) is 20.6 Å². The van der Waals surface area contributed by atoms with Gasteiger partial charge in [0.25, 0.3) is 5.91 Å². The number of hydrogen-bond donors (Lipinski definition) is 3. The van der Waals surface area contributed by atoms with Crippen molar-refractivity contribution in [3.8, 4) is 0 Å². The van der Waals surface area contributed by atoms with Gasteiger partial charge in [-0.25, -0.2) is 14.2 Å². The van der Waals surface area contributed by atoms with Gasteiger partial charge in [0.1, 0.15) is 16.6 Å². The van der Waals surface area contributed by atoms with E-state index < -0.39 is 17.8 Å². The zero-order valence-electron chi connectivity index (χ0n) is 16.2. The first-order valence-corrected chi connectivity index (χ1v) is 9.90. The fourth-order valence-corrected chi connectivity index (χ4v) is 3.64. The zero-order chi connectivity index (χ0) is 21.0. The Labute approximate surface area is 171 Å². The van der Waals surface area contributed by atoms with Gasteiger partial charge >= 0.3 is 6.03 Å². The number of benzene rings is 1. The molecule has 3 aromatic rings. The fourth-order valence-electron chi connectivity index (χ4n) is 2.71. The maximum absolute atomic E-state index is 14.1. The molecule has 0 saturated carbocycles. The minimum absolute atomic E-state index is 0.0454. The number of carbonyl (C=O) groups is 2. The summed E-state index contributed by atoms with van der Waals surface area (Å²) in [6, 6.07) is 4.79. The van der Waals surface area contributed by atoms with Crippen LogP contribution < -0.4 is 16.0 Å². The number of amides is 3. The van der Waals surface area contributed by atoms with E-state index in [1.807, 2.05) is 19.2 Å². The number of carbonyl (C=O) groups excluding carboxylic acids is 2. The molecule has 0 bridgehead atoms. The number of anilines is 2. The summed E-state index contributed by atoms with van der Waals surface area (Å²) < 4.78 is 19.2. The van der Waals surface area contributed by atoms with Crippen molar-refractivity contribution in [1.82, 2.24) is 10.3 Å². The lowest BCUT2D eigenvalue weighted by atomic mass is 10.2. The number of thiazole rings is 1. The monoisotopic (exact) mass is 416 g/mol. The van der Waals surface area contributed by atoms with Crippen molar-refractivity contribution in [2.75, 3.05) is 10.6 Å². The summed E-state index contributed by atoms with van der Waals surface area (Å²) in [5.41, 5.74) is 1.51. The Morgan fingerprint density at radius 1 is 1.24 bits per heavy atom.